The largest absolute Gasteiger partial charge is 0.508 e. The van der Waals surface area contributed by atoms with Crippen molar-refractivity contribution in [1.29, 1.82) is 0 Å². The predicted octanol–water partition coefficient (Wildman–Crippen LogP) is 4.27. The Balaban J connectivity index is 2.16. The van der Waals surface area contributed by atoms with Gasteiger partial charge in [0.05, 0.1) is 0 Å². The predicted molar refractivity (Wildman–Crippen MR) is 76.4 cm³/mol. The molecule has 0 heterocycles. The highest BCUT2D eigenvalue weighted by atomic mass is 35.5. The Morgan fingerprint density at radius 3 is 2.67 bits per heavy atom. The molecule has 0 atom stereocenters. The van der Waals surface area contributed by atoms with Crippen LogP contribution in [0.25, 0.3) is 0 Å². The number of phenols is 1. The van der Waals surface area contributed by atoms with Gasteiger partial charge in [-0.3, -0.25) is 0 Å². The first kappa shape index (κ1) is 12.8. The third kappa shape index (κ3) is 2.96. The first-order valence-electron chi connectivity index (χ1n) is 5.85. The van der Waals surface area contributed by atoms with E-state index in [4.69, 9.17) is 11.6 Å². The second-order valence-electron chi connectivity index (χ2n) is 4.44. The fourth-order valence-corrected chi connectivity index (χ4v) is 2.01. The van der Waals surface area contributed by atoms with Gasteiger partial charge in [-0.25, -0.2) is 0 Å². The van der Waals surface area contributed by atoms with Crippen LogP contribution in [0.2, 0.25) is 5.02 Å². The first-order chi connectivity index (χ1) is 8.56. The molecule has 2 rings (SSSR count). The summed E-state index contributed by atoms with van der Waals surface area (Å²) in [5.41, 5.74) is 4.26. The number of benzene rings is 2. The van der Waals surface area contributed by atoms with Crippen LogP contribution in [-0.4, -0.2) is 5.11 Å². The highest BCUT2D eigenvalue weighted by Crippen LogP contribution is 2.23. The number of hydrogen-bond acceptors (Lipinski definition) is 2. The van der Waals surface area contributed by atoms with Gasteiger partial charge in [-0.2, -0.15) is 0 Å². The fraction of sp³-hybridized carbons (Fsp3) is 0.200. The Morgan fingerprint density at radius 2 is 1.89 bits per heavy atom. The van der Waals surface area contributed by atoms with Crippen molar-refractivity contribution in [1.82, 2.24) is 0 Å². The number of anilines is 1. The molecule has 0 unspecified atom stereocenters. The monoisotopic (exact) mass is 261 g/mol. The van der Waals surface area contributed by atoms with Gasteiger partial charge in [-0.15, -0.1) is 0 Å². The average Bonchev–Trinajstić information content (AvgIpc) is 2.34. The van der Waals surface area contributed by atoms with Crippen LogP contribution in [0.3, 0.4) is 0 Å². The lowest BCUT2D eigenvalue weighted by atomic mass is 10.1. The number of rotatable bonds is 3. The molecule has 0 aliphatic rings. The molecule has 3 heteroatoms. The van der Waals surface area contributed by atoms with E-state index in [1.807, 2.05) is 0 Å². The van der Waals surface area contributed by atoms with Gasteiger partial charge in [0.15, 0.2) is 0 Å². The molecule has 0 aliphatic heterocycles. The Hall–Kier alpha value is -1.67. The molecule has 94 valence electrons. The lowest BCUT2D eigenvalue weighted by Gasteiger charge is -2.11. The molecule has 0 fully saturated rings. The summed E-state index contributed by atoms with van der Waals surface area (Å²) in [5.74, 6) is 0.261. The van der Waals surface area contributed by atoms with Crippen LogP contribution in [0.5, 0.6) is 5.75 Å². The number of phenolic OH excluding ortho intramolecular Hbond substituents is 1. The molecule has 0 aliphatic carbocycles. The van der Waals surface area contributed by atoms with Crippen LogP contribution in [0.4, 0.5) is 5.69 Å². The van der Waals surface area contributed by atoms with Gasteiger partial charge >= 0.3 is 0 Å². The lowest BCUT2D eigenvalue weighted by molar-refractivity contribution is 0.469. The van der Waals surface area contributed by atoms with Crippen molar-refractivity contribution in [3.63, 3.8) is 0 Å². The molecule has 2 nitrogen and oxygen atoms in total. The average molecular weight is 262 g/mol. The summed E-state index contributed by atoms with van der Waals surface area (Å²) in [6, 6.07) is 11.3. The summed E-state index contributed by atoms with van der Waals surface area (Å²) in [6.45, 7) is 4.66. The number of nitrogens with one attached hydrogen (secondary N) is 1. The van der Waals surface area contributed by atoms with Crippen LogP contribution in [0.15, 0.2) is 36.4 Å². The maximum Gasteiger partial charge on any atom is 0.120 e. The summed E-state index contributed by atoms with van der Waals surface area (Å²) in [7, 11) is 0. The molecule has 0 saturated carbocycles. The maximum atomic E-state index is 9.74. The van der Waals surface area contributed by atoms with Gasteiger partial charge < -0.3 is 10.4 Å². The van der Waals surface area contributed by atoms with Gasteiger partial charge in [0.1, 0.15) is 5.75 Å². The number of aryl methyl sites for hydroxylation is 2. The Bertz CT molecular complexity index is 515. The van der Waals surface area contributed by atoms with Crippen molar-refractivity contribution in [2.75, 3.05) is 5.32 Å². The third-order valence-corrected chi connectivity index (χ3v) is 3.14. The molecule has 0 amide bonds. The highest BCUT2D eigenvalue weighted by Gasteiger charge is 2.03. The molecule has 0 radical (unpaired) electrons. The third-order valence-electron chi connectivity index (χ3n) is 2.90. The Labute approximate surface area is 112 Å². The highest BCUT2D eigenvalue weighted by molar-refractivity contribution is 6.30. The van der Waals surface area contributed by atoms with Crippen LogP contribution < -0.4 is 5.32 Å². The molecule has 0 spiro atoms. The number of halogens is 1. The SMILES string of the molecule is Cc1ccc(C)c(NCc2cc(Cl)ccc2O)c1. The number of aromatic hydroxyl groups is 1. The van der Waals surface area contributed by atoms with E-state index in [1.54, 1.807) is 18.2 Å². The van der Waals surface area contributed by atoms with E-state index in [9.17, 15) is 5.11 Å². The second-order valence-corrected chi connectivity index (χ2v) is 4.88. The summed E-state index contributed by atoms with van der Waals surface area (Å²) in [6.07, 6.45) is 0. The van der Waals surface area contributed by atoms with E-state index < -0.39 is 0 Å². The van der Waals surface area contributed by atoms with Gasteiger partial charge in [0.25, 0.3) is 0 Å². The zero-order valence-electron chi connectivity index (χ0n) is 10.5. The van der Waals surface area contributed by atoms with Gasteiger partial charge in [-0.05, 0) is 49.2 Å². The Kier molecular flexibility index (Phi) is 3.78. The van der Waals surface area contributed by atoms with Crippen LogP contribution >= 0.6 is 11.6 Å². The second kappa shape index (κ2) is 5.32. The van der Waals surface area contributed by atoms with Crippen molar-refractivity contribution in [3.05, 3.63) is 58.1 Å². The van der Waals surface area contributed by atoms with Crippen molar-refractivity contribution < 1.29 is 5.11 Å². The summed E-state index contributed by atoms with van der Waals surface area (Å²) in [5, 5.41) is 13.7. The molecular weight excluding hydrogens is 246 g/mol. The molecule has 2 N–H and O–H groups in total. The Morgan fingerprint density at radius 1 is 1.11 bits per heavy atom. The maximum absolute atomic E-state index is 9.74. The van der Waals surface area contributed by atoms with Crippen molar-refractivity contribution >= 4 is 17.3 Å². The zero-order chi connectivity index (χ0) is 13.1. The van der Waals surface area contributed by atoms with E-state index in [2.05, 4.69) is 37.4 Å². The molecule has 2 aromatic rings. The molecule has 2 aromatic carbocycles. The van der Waals surface area contributed by atoms with E-state index in [1.165, 1.54) is 11.1 Å². The normalized spacial score (nSPS) is 10.4. The fourth-order valence-electron chi connectivity index (χ4n) is 1.81. The molecular formula is C15H16ClNO. The topological polar surface area (TPSA) is 32.3 Å². The van der Waals surface area contributed by atoms with Crippen LogP contribution in [0, 0.1) is 13.8 Å². The molecule has 18 heavy (non-hydrogen) atoms. The van der Waals surface area contributed by atoms with Gasteiger partial charge in [-0.1, -0.05) is 23.7 Å². The van der Waals surface area contributed by atoms with E-state index in [-0.39, 0.29) is 5.75 Å². The smallest absolute Gasteiger partial charge is 0.120 e. The first-order valence-corrected chi connectivity index (χ1v) is 6.22. The lowest BCUT2D eigenvalue weighted by Crippen LogP contribution is -2.01. The van der Waals surface area contributed by atoms with E-state index >= 15 is 0 Å². The molecule has 0 bridgehead atoms. The quantitative estimate of drug-likeness (QED) is 0.865. The van der Waals surface area contributed by atoms with Crippen LogP contribution in [-0.2, 0) is 6.54 Å². The van der Waals surface area contributed by atoms with Crippen molar-refractivity contribution in [2.45, 2.75) is 20.4 Å². The summed E-state index contributed by atoms with van der Waals surface area (Å²) < 4.78 is 0. The molecule has 0 saturated heterocycles. The standard InChI is InChI=1S/C15H16ClNO/c1-10-3-4-11(2)14(7-10)17-9-12-8-13(16)5-6-15(12)18/h3-8,17-18H,9H2,1-2H3. The summed E-state index contributed by atoms with van der Waals surface area (Å²) in [4.78, 5) is 0. The minimum atomic E-state index is 0.261. The minimum Gasteiger partial charge on any atom is -0.508 e. The van der Waals surface area contributed by atoms with Gasteiger partial charge in [0.2, 0.25) is 0 Å². The van der Waals surface area contributed by atoms with E-state index in [0.29, 0.717) is 11.6 Å². The van der Waals surface area contributed by atoms with Crippen molar-refractivity contribution in [3.8, 4) is 5.75 Å². The van der Waals surface area contributed by atoms with Gasteiger partial charge in [0, 0.05) is 22.8 Å². The number of hydrogen-bond donors (Lipinski definition) is 2. The van der Waals surface area contributed by atoms with E-state index in [0.717, 1.165) is 11.3 Å². The zero-order valence-corrected chi connectivity index (χ0v) is 11.3. The molecule has 0 aromatic heterocycles. The minimum absolute atomic E-state index is 0.261. The van der Waals surface area contributed by atoms with Crippen molar-refractivity contribution in [2.24, 2.45) is 0 Å². The van der Waals surface area contributed by atoms with Crippen LogP contribution in [0.1, 0.15) is 16.7 Å². The summed E-state index contributed by atoms with van der Waals surface area (Å²) >= 11 is 5.92.